The third-order valence-electron chi connectivity index (χ3n) is 3.75. The Morgan fingerprint density at radius 3 is 2.79 bits per heavy atom. The van der Waals surface area contributed by atoms with Crippen molar-refractivity contribution in [3.63, 3.8) is 0 Å². The van der Waals surface area contributed by atoms with Crippen molar-refractivity contribution < 1.29 is 14.3 Å². The normalized spacial score (nSPS) is 11.0. The lowest BCUT2D eigenvalue weighted by Gasteiger charge is -2.01. The molecular weight excluding hydrogens is 327 g/mol. The second kappa shape index (κ2) is 5.58. The zero-order valence-corrected chi connectivity index (χ0v) is 13.1. The molecule has 2 aromatic carbocycles. The average molecular weight is 338 g/mol. The van der Waals surface area contributed by atoms with Gasteiger partial charge in [0, 0.05) is 22.7 Å². The smallest absolute Gasteiger partial charge is 0.335 e. The number of carbonyl (C=O) groups is 1. The van der Waals surface area contributed by atoms with Gasteiger partial charge in [-0.15, -0.1) is 11.3 Å². The predicted molar refractivity (Wildman–Crippen MR) is 90.9 cm³/mol. The van der Waals surface area contributed by atoms with E-state index < -0.39 is 5.97 Å². The number of halogens is 1. The first kappa shape index (κ1) is 14.6. The predicted octanol–water partition coefficient (Wildman–Crippen LogP) is 4.57. The molecule has 0 spiro atoms. The van der Waals surface area contributed by atoms with Gasteiger partial charge in [0.25, 0.3) is 0 Å². The number of rotatable bonds is 3. The molecule has 0 saturated carbocycles. The number of imidazole rings is 1. The molecule has 0 bridgehead atoms. The largest absolute Gasteiger partial charge is 0.478 e. The van der Waals surface area contributed by atoms with Crippen LogP contribution >= 0.6 is 11.3 Å². The molecule has 4 nitrogen and oxygen atoms in total. The SMILES string of the molecule is O=C(O)c1cccc(-c2nc(-c3ccccc3F)c3sccn23)c1. The number of hydrogen-bond donors (Lipinski definition) is 1. The van der Waals surface area contributed by atoms with Gasteiger partial charge in [-0.05, 0) is 24.3 Å². The minimum Gasteiger partial charge on any atom is -0.478 e. The summed E-state index contributed by atoms with van der Waals surface area (Å²) in [7, 11) is 0. The molecule has 0 radical (unpaired) electrons. The molecule has 0 amide bonds. The maximum atomic E-state index is 14.2. The van der Waals surface area contributed by atoms with Gasteiger partial charge in [0.1, 0.15) is 22.2 Å². The number of carboxylic acids is 1. The van der Waals surface area contributed by atoms with E-state index in [1.54, 1.807) is 36.4 Å². The van der Waals surface area contributed by atoms with Crippen LogP contribution in [-0.4, -0.2) is 20.5 Å². The van der Waals surface area contributed by atoms with Crippen molar-refractivity contribution in [2.45, 2.75) is 0 Å². The van der Waals surface area contributed by atoms with Gasteiger partial charge in [-0.25, -0.2) is 14.2 Å². The number of nitrogens with zero attached hydrogens (tertiary/aromatic N) is 2. The summed E-state index contributed by atoms with van der Waals surface area (Å²) in [6.45, 7) is 0. The molecule has 0 saturated heterocycles. The van der Waals surface area contributed by atoms with Gasteiger partial charge < -0.3 is 5.11 Å². The van der Waals surface area contributed by atoms with Crippen LogP contribution in [0.5, 0.6) is 0 Å². The minimum atomic E-state index is -0.996. The summed E-state index contributed by atoms with van der Waals surface area (Å²) in [5.41, 5.74) is 1.84. The Morgan fingerprint density at radius 1 is 1.17 bits per heavy atom. The van der Waals surface area contributed by atoms with Crippen LogP contribution in [0.1, 0.15) is 10.4 Å². The van der Waals surface area contributed by atoms with Gasteiger partial charge in [0.05, 0.1) is 5.56 Å². The highest BCUT2D eigenvalue weighted by Gasteiger charge is 2.18. The summed E-state index contributed by atoms with van der Waals surface area (Å²) >= 11 is 1.46. The maximum Gasteiger partial charge on any atom is 0.335 e. The van der Waals surface area contributed by atoms with Gasteiger partial charge >= 0.3 is 5.97 Å². The summed E-state index contributed by atoms with van der Waals surface area (Å²) in [4.78, 5) is 16.6. The zero-order valence-electron chi connectivity index (χ0n) is 12.3. The van der Waals surface area contributed by atoms with Crippen LogP contribution in [-0.2, 0) is 0 Å². The number of carboxylic acid groups (broad SMARTS) is 1. The summed E-state index contributed by atoms with van der Waals surface area (Å²) in [5.74, 6) is -0.742. The first-order valence-corrected chi connectivity index (χ1v) is 8.07. The van der Waals surface area contributed by atoms with E-state index in [0.717, 1.165) is 4.83 Å². The van der Waals surface area contributed by atoms with E-state index in [0.29, 0.717) is 22.6 Å². The molecule has 1 N–H and O–H groups in total. The summed E-state index contributed by atoms with van der Waals surface area (Å²) in [6.07, 6.45) is 1.85. The third-order valence-corrected chi connectivity index (χ3v) is 4.62. The van der Waals surface area contributed by atoms with Crippen molar-refractivity contribution in [3.8, 4) is 22.6 Å². The Kier molecular flexibility index (Phi) is 3.39. The first-order chi connectivity index (χ1) is 11.6. The fourth-order valence-corrected chi connectivity index (χ4v) is 3.49. The van der Waals surface area contributed by atoms with Crippen molar-refractivity contribution in [2.75, 3.05) is 0 Å². The molecule has 0 aliphatic heterocycles. The van der Waals surface area contributed by atoms with E-state index in [-0.39, 0.29) is 11.4 Å². The number of hydrogen-bond acceptors (Lipinski definition) is 3. The molecule has 6 heteroatoms. The molecule has 2 aromatic heterocycles. The monoisotopic (exact) mass is 338 g/mol. The van der Waals surface area contributed by atoms with Crippen molar-refractivity contribution in [3.05, 3.63) is 71.5 Å². The molecule has 0 fully saturated rings. The Labute approximate surface area is 140 Å². The summed E-state index contributed by atoms with van der Waals surface area (Å²) in [5, 5.41) is 11.1. The van der Waals surface area contributed by atoms with Gasteiger partial charge in [0.15, 0.2) is 0 Å². The van der Waals surface area contributed by atoms with Crippen molar-refractivity contribution in [2.24, 2.45) is 0 Å². The molecule has 24 heavy (non-hydrogen) atoms. The summed E-state index contributed by atoms with van der Waals surface area (Å²) < 4.78 is 16.0. The highest BCUT2D eigenvalue weighted by molar-refractivity contribution is 7.16. The topological polar surface area (TPSA) is 54.6 Å². The van der Waals surface area contributed by atoms with Gasteiger partial charge in [0.2, 0.25) is 0 Å². The Bertz CT molecular complexity index is 1070. The molecule has 0 unspecified atom stereocenters. The van der Waals surface area contributed by atoms with Gasteiger partial charge in [-0.1, -0.05) is 24.3 Å². The number of thiazole rings is 1. The van der Waals surface area contributed by atoms with Crippen LogP contribution in [0.25, 0.3) is 27.5 Å². The van der Waals surface area contributed by atoms with E-state index in [2.05, 4.69) is 4.98 Å². The van der Waals surface area contributed by atoms with Crippen LogP contribution in [0.15, 0.2) is 60.1 Å². The second-order valence-corrected chi connectivity index (χ2v) is 6.12. The molecule has 0 aliphatic rings. The number of fused-ring (bicyclic) bond motifs is 1. The fraction of sp³-hybridized carbons (Fsp3) is 0. The average Bonchev–Trinajstić information content (AvgIpc) is 3.18. The Balaban J connectivity index is 1.96. The molecule has 4 rings (SSSR count). The van der Waals surface area contributed by atoms with E-state index in [1.165, 1.54) is 23.5 Å². The van der Waals surface area contributed by atoms with Crippen LogP contribution in [0, 0.1) is 5.82 Å². The lowest BCUT2D eigenvalue weighted by molar-refractivity contribution is 0.0697. The molecule has 0 aliphatic carbocycles. The number of aromatic carboxylic acids is 1. The molecule has 0 atom stereocenters. The number of aromatic nitrogens is 2. The molecule has 2 heterocycles. The van der Waals surface area contributed by atoms with Crippen molar-refractivity contribution in [1.29, 1.82) is 0 Å². The van der Waals surface area contributed by atoms with Crippen molar-refractivity contribution >= 4 is 22.1 Å². The molecule has 4 aromatic rings. The highest BCUT2D eigenvalue weighted by Crippen LogP contribution is 2.33. The van der Waals surface area contributed by atoms with Crippen LogP contribution < -0.4 is 0 Å². The second-order valence-electron chi connectivity index (χ2n) is 5.23. The molecule has 118 valence electrons. The van der Waals surface area contributed by atoms with Crippen LogP contribution in [0.2, 0.25) is 0 Å². The Hall–Kier alpha value is -2.99. The summed E-state index contributed by atoms with van der Waals surface area (Å²) in [6, 6.07) is 13.1. The van der Waals surface area contributed by atoms with Crippen LogP contribution in [0.3, 0.4) is 0 Å². The highest BCUT2D eigenvalue weighted by atomic mass is 32.1. The fourth-order valence-electron chi connectivity index (χ4n) is 2.65. The molecular formula is C18H11FN2O2S. The maximum absolute atomic E-state index is 14.2. The minimum absolute atomic E-state index is 0.187. The van der Waals surface area contributed by atoms with E-state index in [1.807, 2.05) is 16.0 Å². The van der Waals surface area contributed by atoms with E-state index in [4.69, 9.17) is 0 Å². The van der Waals surface area contributed by atoms with E-state index >= 15 is 0 Å². The van der Waals surface area contributed by atoms with E-state index in [9.17, 15) is 14.3 Å². The lowest BCUT2D eigenvalue weighted by Crippen LogP contribution is -1.96. The standard InChI is InChI=1S/C18H11FN2O2S/c19-14-7-2-1-6-13(14)15-17-21(8-9-24-17)16(20-15)11-4-3-5-12(10-11)18(22)23/h1-10H,(H,22,23). The third kappa shape index (κ3) is 2.28. The quantitative estimate of drug-likeness (QED) is 0.595. The number of benzene rings is 2. The van der Waals surface area contributed by atoms with Crippen LogP contribution in [0.4, 0.5) is 4.39 Å². The zero-order chi connectivity index (χ0) is 16.7. The first-order valence-electron chi connectivity index (χ1n) is 7.19. The van der Waals surface area contributed by atoms with Crippen molar-refractivity contribution in [1.82, 2.24) is 9.38 Å². The van der Waals surface area contributed by atoms with Gasteiger partial charge in [-0.2, -0.15) is 0 Å². The Morgan fingerprint density at radius 2 is 2.00 bits per heavy atom. The van der Waals surface area contributed by atoms with Gasteiger partial charge in [-0.3, -0.25) is 4.40 Å². The lowest BCUT2D eigenvalue weighted by atomic mass is 10.1.